The number of ether oxygens (including phenoxy) is 2. The van der Waals surface area contributed by atoms with E-state index in [4.69, 9.17) is 9.47 Å². The van der Waals surface area contributed by atoms with Crippen LogP contribution in [0.3, 0.4) is 0 Å². The second kappa shape index (κ2) is 7.65. The van der Waals surface area contributed by atoms with Crippen LogP contribution >= 0.6 is 0 Å². The molecule has 5 nitrogen and oxygen atoms in total. The van der Waals surface area contributed by atoms with E-state index >= 15 is 0 Å². The van der Waals surface area contributed by atoms with Crippen LogP contribution in [0.4, 0.5) is 0 Å². The number of hydrogen-bond donors (Lipinski definition) is 1. The van der Waals surface area contributed by atoms with Gasteiger partial charge in [-0.1, -0.05) is 32.8 Å². The zero-order valence-electron chi connectivity index (χ0n) is 19.0. The Morgan fingerprint density at radius 2 is 1.83 bits per heavy atom. The predicted octanol–water partition coefficient (Wildman–Crippen LogP) is 4.77. The predicted molar refractivity (Wildman–Crippen MR) is 113 cm³/mol. The summed E-state index contributed by atoms with van der Waals surface area (Å²) >= 11 is 0. The third kappa shape index (κ3) is 3.41. The summed E-state index contributed by atoms with van der Waals surface area (Å²) < 4.78 is 10.5. The van der Waals surface area contributed by atoms with Crippen molar-refractivity contribution < 1.29 is 24.2 Å². The Kier molecular flexibility index (Phi) is 5.57. The van der Waals surface area contributed by atoms with Crippen LogP contribution in [0.25, 0.3) is 0 Å². The third-order valence-corrected chi connectivity index (χ3v) is 9.37. The number of rotatable bonds is 4. The van der Waals surface area contributed by atoms with E-state index in [0.717, 1.165) is 36.7 Å². The van der Waals surface area contributed by atoms with E-state index in [-0.39, 0.29) is 12.0 Å². The molecule has 0 bridgehead atoms. The molecule has 0 spiro atoms. The van der Waals surface area contributed by atoms with Crippen molar-refractivity contribution in [2.75, 3.05) is 6.61 Å². The van der Waals surface area contributed by atoms with Gasteiger partial charge in [0.05, 0.1) is 0 Å². The minimum atomic E-state index is -1.88. The molecule has 0 aromatic carbocycles. The van der Waals surface area contributed by atoms with Gasteiger partial charge in [-0.15, -0.1) is 0 Å². The van der Waals surface area contributed by atoms with Crippen LogP contribution < -0.4 is 0 Å². The lowest BCUT2D eigenvalue weighted by Crippen LogP contribution is -2.54. The summed E-state index contributed by atoms with van der Waals surface area (Å²) in [6.07, 6.45) is 13.2. The molecule has 5 heteroatoms. The van der Waals surface area contributed by atoms with E-state index in [1.165, 1.54) is 52.4 Å². The Labute approximate surface area is 180 Å². The van der Waals surface area contributed by atoms with Gasteiger partial charge in [-0.3, -0.25) is 9.59 Å². The SMILES string of the molecule is CC(=O)OCC(O)(OC(C)=O)C1=CC[C@H]2[C@@H]3CCC4CCCC[C@]4(C)[C@H]3CC[C@]12C. The van der Waals surface area contributed by atoms with E-state index < -0.39 is 17.7 Å². The van der Waals surface area contributed by atoms with Crippen molar-refractivity contribution in [1.82, 2.24) is 0 Å². The number of carbonyl (C=O) groups excluding carboxylic acids is 2. The van der Waals surface area contributed by atoms with Gasteiger partial charge >= 0.3 is 11.9 Å². The highest BCUT2D eigenvalue weighted by molar-refractivity contribution is 5.68. The Morgan fingerprint density at radius 3 is 2.53 bits per heavy atom. The molecule has 4 rings (SSSR count). The molecule has 0 aromatic heterocycles. The summed E-state index contributed by atoms with van der Waals surface area (Å²) in [5.41, 5.74) is 0.962. The van der Waals surface area contributed by atoms with Gasteiger partial charge in [0, 0.05) is 19.4 Å². The first-order chi connectivity index (χ1) is 14.1. The lowest BCUT2D eigenvalue weighted by molar-refractivity contribution is -0.218. The van der Waals surface area contributed by atoms with Crippen LogP contribution in [0.5, 0.6) is 0 Å². The molecule has 1 N–H and O–H groups in total. The molecule has 0 aromatic rings. The average Bonchev–Trinajstić information content (AvgIpc) is 3.03. The maximum atomic E-state index is 11.8. The highest BCUT2D eigenvalue weighted by Gasteiger charge is 2.61. The highest BCUT2D eigenvalue weighted by atomic mass is 16.7. The second-order valence-corrected chi connectivity index (χ2v) is 10.9. The topological polar surface area (TPSA) is 72.8 Å². The van der Waals surface area contributed by atoms with Crippen molar-refractivity contribution in [1.29, 1.82) is 0 Å². The number of esters is 2. The Balaban J connectivity index is 1.60. The van der Waals surface area contributed by atoms with Crippen molar-refractivity contribution in [3.63, 3.8) is 0 Å². The smallest absolute Gasteiger partial charge is 0.305 e. The van der Waals surface area contributed by atoms with Crippen LogP contribution in [-0.4, -0.2) is 29.4 Å². The zero-order chi connectivity index (χ0) is 21.7. The van der Waals surface area contributed by atoms with Crippen molar-refractivity contribution in [2.45, 2.75) is 91.3 Å². The first-order valence-electron chi connectivity index (χ1n) is 11.9. The molecule has 0 radical (unpaired) electrons. The molecule has 7 atom stereocenters. The van der Waals surface area contributed by atoms with Crippen molar-refractivity contribution in [3.8, 4) is 0 Å². The van der Waals surface area contributed by atoms with Crippen LogP contribution in [0, 0.1) is 34.5 Å². The number of allylic oxidation sites excluding steroid dienone is 1. The van der Waals surface area contributed by atoms with Crippen molar-refractivity contribution in [2.24, 2.45) is 34.5 Å². The fourth-order valence-electron chi connectivity index (χ4n) is 8.07. The van der Waals surface area contributed by atoms with Crippen molar-refractivity contribution in [3.05, 3.63) is 11.6 Å². The minimum absolute atomic E-state index is 0.233. The molecular weight excluding hydrogens is 380 g/mol. The van der Waals surface area contributed by atoms with E-state index in [9.17, 15) is 14.7 Å². The highest BCUT2D eigenvalue weighted by Crippen LogP contribution is 2.67. The monoisotopic (exact) mass is 418 g/mol. The van der Waals surface area contributed by atoms with Crippen LogP contribution in [0.2, 0.25) is 0 Å². The molecule has 30 heavy (non-hydrogen) atoms. The summed E-state index contributed by atoms with van der Waals surface area (Å²) in [4.78, 5) is 23.2. The molecule has 4 aliphatic rings. The minimum Gasteiger partial charge on any atom is -0.458 e. The summed E-state index contributed by atoms with van der Waals surface area (Å²) in [5.74, 6) is -0.225. The lowest BCUT2D eigenvalue weighted by Gasteiger charge is -2.60. The van der Waals surface area contributed by atoms with Crippen molar-refractivity contribution >= 4 is 11.9 Å². The average molecular weight is 419 g/mol. The fraction of sp³-hybridized carbons (Fsp3) is 0.840. The second-order valence-electron chi connectivity index (χ2n) is 10.9. The van der Waals surface area contributed by atoms with Gasteiger partial charge in [0.25, 0.3) is 5.79 Å². The molecule has 0 saturated heterocycles. The van der Waals surface area contributed by atoms with Gasteiger partial charge in [-0.05, 0) is 79.4 Å². The first kappa shape index (κ1) is 21.9. The molecule has 0 amide bonds. The van der Waals surface area contributed by atoms with Gasteiger partial charge in [0.2, 0.25) is 0 Å². The van der Waals surface area contributed by atoms with E-state index in [0.29, 0.717) is 17.3 Å². The number of aliphatic hydroxyl groups is 1. The molecular formula is C25H38O5. The zero-order valence-corrected chi connectivity index (χ0v) is 19.0. The van der Waals surface area contributed by atoms with E-state index in [1.54, 1.807) is 0 Å². The summed E-state index contributed by atoms with van der Waals surface area (Å²) in [5, 5.41) is 11.4. The van der Waals surface area contributed by atoms with Gasteiger partial charge in [0.1, 0.15) is 0 Å². The number of carbonyl (C=O) groups is 2. The largest absolute Gasteiger partial charge is 0.458 e. The Bertz CT molecular complexity index is 744. The van der Waals surface area contributed by atoms with Gasteiger partial charge in [0.15, 0.2) is 6.61 Å². The van der Waals surface area contributed by atoms with Gasteiger partial charge < -0.3 is 14.6 Å². The molecule has 168 valence electrons. The number of fused-ring (bicyclic) bond motifs is 5. The quantitative estimate of drug-likeness (QED) is 0.404. The number of hydrogen-bond acceptors (Lipinski definition) is 5. The molecule has 3 fully saturated rings. The third-order valence-electron chi connectivity index (χ3n) is 9.37. The maximum absolute atomic E-state index is 11.8. The summed E-state index contributed by atoms with van der Waals surface area (Å²) in [6, 6.07) is 0. The fourth-order valence-corrected chi connectivity index (χ4v) is 8.07. The lowest BCUT2D eigenvalue weighted by atomic mass is 9.44. The van der Waals surface area contributed by atoms with Crippen LogP contribution in [-0.2, 0) is 19.1 Å². The van der Waals surface area contributed by atoms with Gasteiger partial charge in [-0.25, -0.2) is 0 Å². The first-order valence-corrected chi connectivity index (χ1v) is 11.9. The summed E-state index contributed by atoms with van der Waals surface area (Å²) in [7, 11) is 0. The standard InChI is InChI=1S/C25H38O5/c1-16(26)29-15-25(28,30-17(2)27)22-11-10-20-19-9-8-18-7-5-6-13-23(18,3)21(19)12-14-24(20,22)4/h11,18-21,28H,5-10,12-15H2,1-4H3/t18?,19-,20-,21-,23-,24-,25?/m0/s1. The maximum Gasteiger partial charge on any atom is 0.305 e. The molecule has 2 unspecified atom stereocenters. The molecule has 4 aliphatic carbocycles. The normalized spacial score (nSPS) is 42.1. The molecule has 3 saturated carbocycles. The van der Waals surface area contributed by atoms with E-state index in [1.807, 2.05) is 0 Å². The Hall–Kier alpha value is -1.36. The van der Waals surface area contributed by atoms with Gasteiger partial charge in [-0.2, -0.15) is 0 Å². The summed E-state index contributed by atoms with van der Waals surface area (Å²) in [6.45, 7) is 7.02. The Morgan fingerprint density at radius 1 is 1.07 bits per heavy atom. The van der Waals surface area contributed by atoms with E-state index in [2.05, 4.69) is 19.9 Å². The molecule has 0 aliphatic heterocycles. The van der Waals surface area contributed by atoms with Crippen LogP contribution in [0.1, 0.15) is 85.5 Å². The van der Waals surface area contributed by atoms with Crippen LogP contribution in [0.15, 0.2) is 11.6 Å². The molecule has 0 heterocycles.